The molecule has 1 atom stereocenters. The van der Waals surface area contributed by atoms with E-state index in [1.807, 2.05) is 22.1 Å². The fraction of sp³-hybridized carbons (Fsp3) is 0.429. The fourth-order valence-corrected chi connectivity index (χ4v) is 5.53. The predicted octanol–water partition coefficient (Wildman–Crippen LogP) is 3.15. The molecular formula is C14H14N6S2. The molecule has 5 rings (SSSR count). The van der Waals surface area contributed by atoms with Gasteiger partial charge in [0, 0.05) is 4.88 Å². The average Bonchev–Trinajstić information content (AvgIpc) is 3.21. The van der Waals surface area contributed by atoms with Crippen molar-refractivity contribution in [1.82, 2.24) is 29.2 Å². The molecule has 112 valence electrons. The van der Waals surface area contributed by atoms with Crippen LogP contribution in [-0.4, -0.2) is 35.5 Å². The van der Waals surface area contributed by atoms with Gasteiger partial charge in [0.2, 0.25) is 0 Å². The molecule has 8 heteroatoms. The van der Waals surface area contributed by atoms with Crippen LogP contribution in [0.25, 0.3) is 21.6 Å². The van der Waals surface area contributed by atoms with E-state index in [-0.39, 0.29) is 0 Å². The highest BCUT2D eigenvalue weighted by atomic mass is 32.2. The molecule has 4 aromatic rings. The first-order valence-corrected chi connectivity index (χ1v) is 9.39. The first-order chi connectivity index (χ1) is 10.8. The lowest BCUT2D eigenvalue weighted by atomic mass is 9.87. The van der Waals surface area contributed by atoms with Crippen molar-refractivity contribution in [2.24, 2.45) is 0 Å². The molecule has 0 amide bonds. The van der Waals surface area contributed by atoms with Crippen LogP contribution in [0.15, 0.2) is 11.5 Å². The van der Waals surface area contributed by atoms with Gasteiger partial charge >= 0.3 is 0 Å². The van der Waals surface area contributed by atoms with Gasteiger partial charge in [0.15, 0.2) is 10.8 Å². The average molecular weight is 330 g/mol. The number of rotatable bonds is 1. The monoisotopic (exact) mass is 330 g/mol. The quantitative estimate of drug-likeness (QED) is 0.502. The number of aromatic nitrogens is 6. The Labute approximate surface area is 134 Å². The summed E-state index contributed by atoms with van der Waals surface area (Å²) in [5, 5.41) is 15.2. The third-order valence-corrected chi connectivity index (χ3v) is 6.38. The number of thiophene rings is 1. The van der Waals surface area contributed by atoms with Crippen molar-refractivity contribution in [3.05, 3.63) is 16.8 Å². The lowest BCUT2D eigenvalue weighted by molar-refractivity contribution is 0.602. The van der Waals surface area contributed by atoms with E-state index in [0.29, 0.717) is 5.92 Å². The minimum atomic E-state index is 0.574. The van der Waals surface area contributed by atoms with Crippen molar-refractivity contribution in [2.75, 3.05) is 6.26 Å². The van der Waals surface area contributed by atoms with Crippen molar-refractivity contribution >= 4 is 44.7 Å². The maximum Gasteiger partial charge on any atom is 0.260 e. The smallest absolute Gasteiger partial charge is 0.244 e. The minimum absolute atomic E-state index is 0.574. The highest BCUT2D eigenvalue weighted by Gasteiger charge is 2.27. The number of fused-ring (bicyclic) bond motifs is 8. The van der Waals surface area contributed by atoms with Crippen molar-refractivity contribution in [3.63, 3.8) is 0 Å². The molecule has 4 heterocycles. The molecule has 0 N–H and O–H groups in total. The number of nitrogens with zero attached hydrogens (tertiary/aromatic N) is 6. The Morgan fingerprint density at radius 1 is 1.36 bits per heavy atom. The molecule has 4 aromatic heterocycles. The number of aryl methyl sites for hydroxylation is 1. The summed E-state index contributed by atoms with van der Waals surface area (Å²) in [4.78, 5) is 7.22. The molecule has 0 saturated heterocycles. The van der Waals surface area contributed by atoms with E-state index in [2.05, 4.69) is 31.6 Å². The number of hydrogen-bond acceptors (Lipinski definition) is 6. The van der Waals surface area contributed by atoms with Crippen LogP contribution < -0.4 is 0 Å². The van der Waals surface area contributed by atoms with Gasteiger partial charge in [-0.15, -0.1) is 21.5 Å². The van der Waals surface area contributed by atoms with E-state index < -0.39 is 0 Å². The van der Waals surface area contributed by atoms with E-state index in [9.17, 15) is 0 Å². The minimum Gasteiger partial charge on any atom is -0.244 e. The van der Waals surface area contributed by atoms with Crippen molar-refractivity contribution < 1.29 is 0 Å². The lowest BCUT2D eigenvalue weighted by Gasteiger charge is -2.18. The third-order valence-electron chi connectivity index (χ3n) is 4.50. The van der Waals surface area contributed by atoms with Gasteiger partial charge in [-0.2, -0.15) is 9.61 Å². The number of hydrogen-bond donors (Lipinski definition) is 0. The fourth-order valence-electron chi connectivity index (χ4n) is 3.54. The second kappa shape index (κ2) is 4.42. The predicted molar refractivity (Wildman–Crippen MR) is 88.0 cm³/mol. The molecule has 0 aliphatic heterocycles. The van der Waals surface area contributed by atoms with Gasteiger partial charge in [0.1, 0.15) is 11.2 Å². The van der Waals surface area contributed by atoms with E-state index >= 15 is 0 Å². The maximum absolute atomic E-state index is 4.52. The van der Waals surface area contributed by atoms with Gasteiger partial charge in [-0.05, 0) is 37.0 Å². The SMILES string of the molecule is CSc1nnc2n3ncnc3c3c4c(sc3n12)CCC[C@@H]4C. The van der Waals surface area contributed by atoms with E-state index in [0.717, 1.165) is 23.0 Å². The third kappa shape index (κ3) is 1.46. The van der Waals surface area contributed by atoms with Crippen molar-refractivity contribution in [3.8, 4) is 0 Å². The molecule has 6 nitrogen and oxygen atoms in total. The molecular weight excluding hydrogens is 316 g/mol. The Bertz CT molecular complexity index is 1030. The Kier molecular flexibility index (Phi) is 2.58. The first kappa shape index (κ1) is 12.8. The summed E-state index contributed by atoms with van der Waals surface area (Å²) in [5.74, 6) is 1.32. The summed E-state index contributed by atoms with van der Waals surface area (Å²) >= 11 is 3.49. The van der Waals surface area contributed by atoms with Gasteiger partial charge in [-0.1, -0.05) is 18.7 Å². The summed E-state index contributed by atoms with van der Waals surface area (Å²) in [6, 6.07) is 0. The Morgan fingerprint density at radius 2 is 2.27 bits per heavy atom. The standard InChI is InChI=1S/C14H14N6S2/c1-7-4-3-5-8-9(7)10-11-15-6-16-20(11)13-17-18-14(21-2)19(13)12(10)22-8/h6-7H,3-5H2,1-2H3/t7-/m0/s1. The van der Waals surface area contributed by atoms with Crippen LogP contribution in [0, 0.1) is 0 Å². The zero-order chi connectivity index (χ0) is 14.8. The molecule has 1 aliphatic rings. The Hall–Kier alpha value is -1.67. The van der Waals surface area contributed by atoms with Gasteiger partial charge in [0.05, 0.1) is 5.39 Å². The zero-order valence-electron chi connectivity index (χ0n) is 12.3. The van der Waals surface area contributed by atoms with Crippen LogP contribution in [0.2, 0.25) is 0 Å². The van der Waals surface area contributed by atoms with E-state index in [1.54, 1.807) is 18.1 Å². The molecule has 0 radical (unpaired) electrons. The normalized spacial score (nSPS) is 18.5. The Balaban J connectivity index is 2.09. The molecule has 0 aromatic carbocycles. The topological polar surface area (TPSA) is 60.4 Å². The van der Waals surface area contributed by atoms with Crippen LogP contribution in [0.3, 0.4) is 0 Å². The van der Waals surface area contributed by atoms with E-state index in [1.165, 1.54) is 33.5 Å². The second-order valence-electron chi connectivity index (χ2n) is 5.73. The molecule has 0 saturated carbocycles. The largest absolute Gasteiger partial charge is 0.260 e. The van der Waals surface area contributed by atoms with Crippen LogP contribution >= 0.6 is 23.1 Å². The van der Waals surface area contributed by atoms with Crippen LogP contribution in [0.5, 0.6) is 0 Å². The van der Waals surface area contributed by atoms with Crippen molar-refractivity contribution in [2.45, 2.75) is 37.3 Å². The second-order valence-corrected chi connectivity index (χ2v) is 7.59. The Morgan fingerprint density at radius 3 is 3.14 bits per heavy atom. The van der Waals surface area contributed by atoms with Crippen LogP contribution in [-0.2, 0) is 6.42 Å². The molecule has 0 spiro atoms. The van der Waals surface area contributed by atoms with Gasteiger partial charge < -0.3 is 0 Å². The summed E-state index contributed by atoms with van der Waals surface area (Å²) in [7, 11) is 0. The van der Waals surface area contributed by atoms with Crippen LogP contribution in [0.4, 0.5) is 0 Å². The van der Waals surface area contributed by atoms with Gasteiger partial charge in [-0.25, -0.2) is 9.38 Å². The number of thioether (sulfide) groups is 1. The molecule has 0 bridgehead atoms. The first-order valence-electron chi connectivity index (χ1n) is 7.35. The zero-order valence-corrected chi connectivity index (χ0v) is 13.9. The summed E-state index contributed by atoms with van der Waals surface area (Å²) in [6.45, 7) is 2.32. The van der Waals surface area contributed by atoms with Gasteiger partial charge in [-0.3, -0.25) is 0 Å². The maximum atomic E-state index is 4.52. The van der Waals surface area contributed by atoms with Crippen LogP contribution in [0.1, 0.15) is 36.1 Å². The summed E-state index contributed by atoms with van der Waals surface area (Å²) in [5.41, 5.74) is 2.38. The summed E-state index contributed by atoms with van der Waals surface area (Å²) < 4.78 is 3.96. The molecule has 0 unspecified atom stereocenters. The lowest BCUT2D eigenvalue weighted by Crippen LogP contribution is -2.05. The molecule has 1 aliphatic carbocycles. The highest BCUT2D eigenvalue weighted by Crippen LogP contribution is 2.44. The van der Waals surface area contributed by atoms with Crippen molar-refractivity contribution in [1.29, 1.82) is 0 Å². The molecule has 0 fully saturated rings. The van der Waals surface area contributed by atoms with E-state index in [4.69, 9.17) is 0 Å². The highest BCUT2D eigenvalue weighted by molar-refractivity contribution is 7.98. The van der Waals surface area contributed by atoms with Gasteiger partial charge in [0.25, 0.3) is 5.78 Å². The summed E-state index contributed by atoms with van der Waals surface area (Å²) in [6.07, 6.45) is 7.32. The molecule has 22 heavy (non-hydrogen) atoms.